The molecule has 1 aliphatic heterocycles. The van der Waals surface area contributed by atoms with Crippen LogP contribution in [-0.4, -0.2) is 49.6 Å². The highest BCUT2D eigenvalue weighted by Crippen LogP contribution is 2.25. The number of thiophene rings is 1. The summed E-state index contributed by atoms with van der Waals surface area (Å²) in [4.78, 5) is 8.61. The van der Waals surface area contributed by atoms with E-state index >= 15 is 0 Å². The van der Waals surface area contributed by atoms with Crippen molar-refractivity contribution in [3.05, 3.63) is 22.4 Å². The molecule has 0 bridgehead atoms. The second-order valence-electron chi connectivity index (χ2n) is 7.62. The van der Waals surface area contributed by atoms with Gasteiger partial charge in [-0.3, -0.25) is 4.99 Å². The molecule has 1 aromatic rings. The molecular formula is C20H35IN4S. The molecule has 2 fully saturated rings. The molecule has 148 valence electrons. The van der Waals surface area contributed by atoms with Crippen LogP contribution in [0.3, 0.4) is 0 Å². The lowest BCUT2D eigenvalue weighted by Crippen LogP contribution is -2.51. The quantitative estimate of drug-likeness (QED) is 0.365. The smallest absolute Gasteiger partial charge is 0.191 e. The molecule has 3 rings (SSSR count). The molecule has 2 heterocycles. The van der Waals surface area contributed by atoms with E-state index in [2.05, 4.69) is 45.0 Å². The third-order valence-corrected chi connectivity index (χ3v) is 6.89. The van der Waals surface area contributed by atoms with Crippen LogP contribution in [0.25, 0.3) is 0 Å². The molecule has 1 aliphatic carbocycles. The zero-order chi connectivity index (χ0) is 17.5. The number of rotatable bonds is 5. The summed E-state index contributed by atoms with van der Waals surface area (Å²) in [6.45, 7) is 5.69. The van der Waals surface area contributed by atoms with Gasteiger partial charge in [-0.25, -0.2) is 0 Å². The summed E-state index contributed by atoms with van der Waals surface area (Å²) in [5, 5.41) is 9.31. The maximum Gasteiger partial charge on any atom is 0.191 e. The van der Waals surface area contributed by atoms with Crippen LogP contribution in [-0.2, 0) is 0 Å². The first-order valence-electron chi connectivity index (χ1n) is 10.0. The molecule has 1 unspecified atom stereocenters. The lowest BCUT2D eigenvalue weighted by atomic mass is 9.92. The molecule has 1 atom stereocenters. The average Bonchev–Trinajstić information content (AvgIpc) is 3.21. The Labute approximate surface area is 180 Å². The highest BCUT2D eigenvalue weighted by molar-refractivity contribution is 14.0. The molecule has 0 spiro atoms. The number of nitrogens with zero attached hydrogens (tertiary/aromatic N) is 2. The minimum Gasteiger partial charge on any atom is -0.356 e. The van der Waals surface area contributed by atoms with Crippen LogP contribution in [0.2, 0.25) is 0 Å². The van der Waals surface area contributed by atoms with Gasteiger partial charge in [0.05, 0.1) is 0 Å². The van der Waals surface area contributed by atoms with E-state index in [0.29, 0.717) is 12.0 Å². The number of likely N-dealkylation sites (tertiary alicyclic amines) is 1. The van der Waals surface area contributed by atoms with Crippen molar-refractivity contribution in [1.82, 2.24) is 15.5 Å². The standard InChI is InChI=1S/C20H34N4S.HI/c1-16(19-9-6-14-25-19)15-22-20(21-2)23-17-10-12-24(13-11-17)18-7-4-3-5-8-18;/h6,9,14,16-18H,3-5,7-8,10-13,15H2,1-2H3,(H2,21,22,23);1H. The summed E-state index contributed by atoms with van der Waals surface area (Å²) >= 11 is 1.83. The molecule has 6 heteroatoms. The van der Waals surface area contributed by atoms with E-state index in [9.17, 15) is 0 Å². The largest absolute Gasteiger partial charge is 0.356 e. The van der Waals surface area contributed by atoms with Gasteiger partial charge in [-0.15, -0.1) is 35.3 Å². The number of halogens is 1. The predicted octanol–water partition coefficient (Wildman–Crippen LogP) is 4.43. The molecule has 4 nitrogen and oxygen atoms in total. The molecule has 1 saturated carbocycles. The van der Waals surface area contributed by atoms with E-state index in [-0.39, 0.29) is 24.0 Å². The Bertz CT molecular complexity index is 520. The van der Waals surface area contributed by atoms with Crippen molar-refractivity contribution in [2.24, 2.45) is 4.99 Å². The van der Waals surface area contributed by atoms with Gasteiger partial charge >= 0.3 is 0 Å². The first-order valence-corrected chi connectivity index (χ1v) is 10.9. The normalized spacial score (nSPS) is 21.8. The number of guanidine groups is 1. The van der Waals surface area contributed by atoms with Crippen LogP contribution < -0.4 is 10.6 Å². The van der Waals surface area contributed by atoms with E-state index in [4.69, 9.17) is 0 Å². The number of piperidine rings is 1. The topological polar surface area (TPSA) is 39.7 Å². The van der Waals surface area contributed by atoms with E-state index in [1.54, 1.807) is 0 Å². The Morgan fingerprint density at radius 3 is 2.58 bits per heavy atom. The van der Waals surface area contributed by atoms with Crippen molar-refractivity contribution in [3.8, 4) is 0 Å². The summed E-state index contributed by atoms with van der Waals surface area (Å²) in [5.74, 6) is 1.48. The fourth-order valence-corrected chi connectivity index (χ4v) is 4.95. The fraction of sp³-hybridized carbons (Fsp3) is 0.750. The Morgan fingerprint density at radius 2 is 1.96 bits per heavy atom. The van der Waals surface area contributed by atoms with Crippen LogP contribution in [0, 0.1) is 0 Å². The van der Waals surface area contributed by atoms with Crippen molar-refractivity contribution < 1.29 is 0 Å². The van der Waals surface area contributed by atoms with Crippen LogP contribution in [0.15, 0.2) is 22.5 Å². The summed E-state index contributed by atoms with van der Waals surface area (Å²) in [6, 6.07) is 5.76. The highest BCUT2D eigenvalue weighted by Gasteiger charge is 2.26. The monoisotopic (exact) mass is 490 g/mol. The first kappa shape index (κ1) is 22.0. The Hall–Kier alpha value is -0.340. The lowest BCUT2D eigenvalue weighted by Gasteiger charge is -2.39. The lowest BCUT2D eigenvalue weighted by molar-refractivity contribution is 0.119. The molecule has 0 amide bonds. The van der Waals surface area contributed by atoms with Gasteiger partial charge in [-0.1, -0.05) is 32.3 Å². The molecular weight excluding hydrogens is 455 g/mol. The third-order valence-electron chi connectivity index (χ3n) is 5.79. The van der Waals surface area contributed by atoms with Gasteiger partial charge in [-0.05, 0) is 37.1 Å². The third kappa shape index (κ3) is 6.37. The van der Waals surface area contributed by atoms with Crippen molar-refractivity contribution in [2.75, 3.05) is 26.7 Å². The predicted molar refractivity (Wildman–Crippen MR) is 124 cm³/mol. The van der Waals surface area contributed by atoms with Crippen molar-refractivity contribution in [3.63, 3.8) is 0 Å². The average molecular weight is 490 g/mol. The molecule has 1 saturated heterocycles. The second-order valence-corrected chi connectivity index (χ2v) is 8.60. The van der Waals surface area contributed by atoms with E-state index in [1.165, 1.54) is 62.9 Å². The maximum atomic E-state index is 4.43. The zero-order valence-corrected chi connectivity index (χ0v) is 19.4. The van der Waals surface area contributed by atoms with Crippen LogP contribution in [0.5, 0.6) is 0 Å². The zero-order valence-electron chi connectivity index (χ0n) is 16.2. The first-order chi connectivity index (χ1) is 12.3. The molecule has 0 radical (unpaired) electrons. The molecule has 26 heavy (non-hydrogen) atoms. The number of aliphatic imine (C=N–C) groups is 1. The van der Waals surface area contributed by atoms with E-state index in [0.717, 1.165) is 18.5 Å². The van der Waals surface area contributed by atoms with Gasteiger partial charge in [-0.2, -0.15) is 0 Å². The van der Waals surface area contributed by atoms with Crippen LogP contribution >= 0.6 is 35.3 Å². The minimum absolute atomic E-state index is 0. The molecule has 0 aromatic carbocycles. The number of nitrogens with one attached hydrogen (secondary N) is 2. The Kier molecular flexibility index (Phi) is 9.70. The molecule has 1 aromatic heterocycles. The van der Waals surface area contributed by atoms with Crippen LogP contribution in [0.4, 0.5) is 0 Å². The van der Waals surface area contributed by atoms with Gasteiger partial charge in [0.2, 0.25) is 0 Å². The van der Waals surface area contributed by atoms with Crippen LogP contribution in [0.1, 0.15) is 62.7 Å². The maximum absolute atomic E-state index is 4.43. The van der Waals surface area contributed by atoms with E-state index in [1.807, 2.05) is 18.4 Å². The summed E-state index contributed by atoms with van der Waals surface area (Å²) in [5.41, 5.74) is 0. The second kappa shape index (κ2) is 11.5. The fourth-order valence-electron chi connectivity index (χ4n) is 4.17. The number of hydrogen-bond donors (Lipinski definition) is 2. The van der Waals surface area contributed by atoms with Gasteiger partial charge < -0.3 is 15.5 Å². The van der Waals surface area contributed by atoms with Gasteiger partial charge in [0.15, 0.2) is 5.96 Å². The van der Waals surface area contributed by atoms with Gasteiger partial charge in [0.25, 0.3) is 0 Å². The van der Waals surface area contributed by atoms with Crippen molar-refractivity contribution >= 4 is 41.3 Å². The van der Waals surface area contributed by atoms with Gasteiger partial charge in [0.1, 0.15) is 0 Å². The highest BCUT2D eigenvalue weighted by atomic mass is 127. The van der Waals surface area contributed by atoms with Crippen molar-refractivity contribution in [1.29, 1.82) is 0 Å². The number of hydrogen-bond acceptors (Lipinski definition) is 3. The molecule has 2 aliphatic rings. The van der Waals surface area contributed by atoms with E-state index < -0.39 is 0 Å². The summed E-state index contributed by atoms with van der Waals surface area (Å²) < 4.78 is 0. The van der Waals surface area contributed by atoms with Crippen molar-refractivity contribution in [2.45, 2.75) is 69.9 Å². The summed E-state index contributed by atoms with van der Waals surface area (Å²) in [7, 11) is 1.88. The van der Waals surface area contributed by atoms with Gasteiger partial charge in [0, 0.05) is 49.6 Å². The Morgan fingerprint density at radius 1 is 1.23 bits per heavy atom. The molecule has 2 N–H and O–H groups in total. The summed E-state index contributed by atoms with van der Waals surface area (Å²) in [6.07, 6.45) is 9.61. The Balaban J connectivity index is 0.00000243. The SMILES string of the molecule is CN=C(NCC(C)c1cccs1)NC1CCN(C2CCCCC2)CC1.I. The minimum atomic E-state index is 0.